The molecule has 1 aliphatic carbocycles. The lowest BCUT2D eigenvalue weighted by Gasteiger charge is -2.37. The first-order valence-electron chi connectivity index (χ1n) is 13.9. The van der Waals surface area contributed by atoms with Gasteiger partial charge >= 0.3 is 5.97 Å². The molecule has 1 aliphatic rings. The number of aryl methyl sites for hydroxylation is 2. The molecule has 1 atom stereocenters. The second kappa shape index (κ2) is 12.3. The summed E-state index contributed by atoms with van der Waals surface area (Å²) in [5.74, 6) is 0.314. The number of alkyl halides is 2. The molecule has 1 saturated carbocycles. The van der Waals surface area contributed by atoms with Crippen LogP contribution in [0.25, 0.3) is 11.3 Å². The van der Waals surface area contributed by atoms with Gasteiger partial charge in [-0.25, -0.2) is 27.9 Å². The molecule has 0 spiro atoms. The van der Waals surface area contributed by atoms with E-state index in [4.69, 9.17) is 4.74 Å². The van der Waals surface area contributed by atoms with E-state index < -0.39 is 12.0 Å². The number of hydrogen-bond acceptors (Lipinski definition) is 7. The monoisotopic (exact) mass is 577 g/mol. The third kappa shape index (κ3) is 6.79. The van der Waals surface area contributed by atoms with Gasteiger partial charge < -0.3 is 15.2 Å². The Morgan fingerprint density at radius 3 is 2.62 bits per heavy atom. The number of hydrogen-bond donors (Lipinski definition) is 2. The third-order valence-corrected chi connectivity index (χ3v) is 7.87. The molecule has 0 aromatic carbocycles. The summed E-state index contributed by atoms with van der Waals surface area (Å²) in [6.45, 7) is 3.88. The molecule has 5 rings (SSSR count). The number of ether oxygens (including phenoxy) is 1. The van der Waals surface area contributed by atoms with Crippen molar-refractivity contribution >= 4 is 17.6 Å². The van der Waals surface area contributed by atoms with Gasteiger partial charge in [0, 0.05) is 23.5 Å². The van der Waals surface area contributed by atoms with Crippen molar-refractivity contribution in [1.29, 1.82) is 0 Å². The fourth-order valence-electron chi connectivity index (χ4n) is 5.44. The fourth-order valence-corrected chi connectivity index (χ4v) is 5.44. The van der Waals surface area contributed by atoms with Gasteiger partial charge in [0.1, 0.15) is 29.6 Å². The maximum Gasteiger partial charge on any atom is 0.312 e. The highest BCUT2D eigenvalue weighted by atomic mass is 19.3. The minimum absolute atomic E-state index is 0.0483. The summed E-state index contributed by atoms with van der Waals surface area (Å²) in [5, 5.41) is 14.5. The lowest BCUT2D eigenvalue weighted by atomic mass is 9.73. The number of nitrogens with zero attached hydrogens (tertiary/aromatic N) is 5. The van der Waals surface area contributed by atoms with E-state index in [1.54, 1.807) is 29.8 Å². The molecule has 0 saturated heterocycles. The van der Waals surface area contributed by atoms with Crippen LogP contribution in [0, 0.1) is 18.8 Å². The first-order valence-corrected chi connectivity index (χ1v) is 13.9. The highest BCUT2D eigenvalue weighted by Crippen LogP contribution is 2.41. The van der Waals surface area contributed by atoms with Gasteiger partial charge in [-0.2, -0.15) is 0 Å². The number of pyridine rings is 3. The van der Waals surface area contributed by atoms with E-state index in [2.05, 4.69) is 20.3 Å². The van der Waals surface area contributed by atoms with Gasteiger partial charge in [0.2, 0.25) is 13.1 Å². The van der Waals surface area contributed by atoms with Crippen molar-refractivity contribution in [3.05, 3.63) is 84.3 Å². The van der Waals surface area contributed by atoms with Crippen LogP contribution in [0.2, 0.25) is 0 Å². The number of esters is 1. The summed E-state index contributed by atoms with van der Waals surface area (Å²) in [6, 6.07) is 9.95. The molecule has 1 fully saturated rings. The summed E-state index contributed by atoms with van der Waals surface area (Å²) in [7, 11) is 1.90. The summed E-state index contributed by atoms with van der Waals surface area (Å²) in [4.78, 5) is 25.9. The predicted molar refractivity (Wildman–Crippen MR) is 151 cm³/mol. The van der Waals surface area contributed by atoms with E-state index in [1.165, 1.54) is 18.3 Å². The number of carbonyl (C=O) groups excluding carboxylic acids is 1. The Balaban J connectivity index is 1.21. The molecule has 9 nitrogen and oxygen atoms in total. The van der Waals surface area contributed by atoms with Crippen LogP contribution in [0.1, 0.15) is 55.9 Å². The molecule has 2 N–H and O–H groups in total. The van der Waals surface area contributed by atoms with Gasteiger partial charge in [-0.1, -0.05) is 0 Å². The van der Waals surface area contributed by atoms with E-state index in [-0.39, 0.29) is 35.9 Å². The van der Waals surface area contributed by atoms with Crippen LogP contribution >= 0.6 is 0 Å². The van der Waals surface area contributed by atoms with Crippen LogP contribution in [0.5, 0.6) is 0 Å². The predicted octanol–water partition coefficient (Wildman–Crippen LogP) is 5.37. The Morgan fingerprint density at radius 1 is 1.17 bits per heavy atom. The van der Waals surface area contributed by atoms with E-state index in [1.807, 2.05) is 49.4 Å². The molecule has 4 heterocycles. The van der Waals surface area contributed by atoms with Crippen LogP contribution in [-0.2, 0) is 28.9 Å². The Labute approximate surface area is 243 Å². The zero-order valence-electron chi connectivity index (χ0n) is 23.9. The van der Waals surface area contributed by atoms with Crippen molar-refractivity contribution in [2.75, 3.05) is 5.32 Å². The average Bonchev–Trinajstić information content (AvgIpc) is 3.40. The van der Waals surface area contributed by atoms with Crippen molar-refractivity contribution in [3.63, 3.8) is 0 Å². The second-order valence-corrected chi connectivity index (χ2v) is 11.1. The largest absolute Gasteiger partial charge is 0.424 e. The van der Waals surface area contributed by atoms with E-state index in [0.717, 1.165) is 11.1 Å². The molecular formula is C31H35F2N6O3+. The zero-order chi connectivity index (χ0) is 29.9. The Morgan fingerprint density at radius 2 is 1.95 bits per heavy atom. The maximum absolute atomic E-state index is 13.1. The molecule has 42 heavy (non-hydrogen) atoms. The molecule has 0 unspecified atom stereocenters. The number of aliphatic hydroxyl groups is 1. The third-order valence-electron chi connectivity index (χ3n) is 7.87. The highest BCUT2D eigenvalue weighted by molar-refractivity contribution is 5.72. The normalized spacial score (nSPS) is 18.5. The van der Waals surface area contributed by atoms with E-state index in [0.29, 0.717) is 42.9 Å². The molecular weight excluding hydrogens is 542 g/mol. The molecule has 220 valence electrons. The number of rotatable bonds is 9. The fraction of sp³-hybridized carbons (Fsp3) is 0.387. The molecule has 0 radical (unpaired) electrons. The van der Waals surface area contributed by atoms with Gasteiger partial charge in [0.15, 0.2) is 0 Å². The maximum atomic E-state index is 13.1. The Hall–Kier alpha value is -4.25. The highest BCUT2D eigenvalue weighted by Gasteiger charge is 2.39. The smallest absolute Gasteiger partial charge is 0.312 e. The lowest BCUT2D eigenvalue weighted by molar-refractivity contribution is -0.671. The SMILES string of the molecule is Cc1cc(Nc2cc(C(F)F)ccn2)nc(-c2ccc([C@](C)(O)[C@H]3CC[C@H](C(=O)OCn4cc[n+](C)c4)CC3)nc2)c1. The summed E-state index contributed by atoms with van der Waals surface area (Å²) < 4.78 is 35.4. The van der Waals surface area contributed by atoms with Gasteiger partial charge in [-0.15, -0.1) is 0 Å². The first-order chi connectivity index (χ1) is 20.1. The number of nitrogens with one attached hydrogen (secondary N) is 1. The standard InChI is InChI=1S/C31H35F2N6O3/c1-20-14-25(36-28(15-20)37-27-16-22(29(32)33)10-11-34-27)23-6-9-26(35-17-23)31(2,41)24-7-4-21(5-8-24)30(40)42-19-39-13-12-38(3)18-39/h6,9-18,21,24,29,41H,4-5,7-8,19H2,1-3H3,(H,34,36,37)/q+1/t21-,24-,31-/m1/s1. The van der Waals surface area contributed by atoms with Crippen molar-refractivity contribution in [1.82, 2.24) is 19.5 Å². The van der Waals surface area contributed by atoms with E-state index >= 15 is 0 Å². The molecule has 0 amide bonds. The average molecular weight is 578 g/mol. The van der Waals surface area contributed by atoms with Crippen LogP contribution in [0.3, 0.4) is 0 Å². The van der Waals surface area contributed by atoms with Crippen LogP contribution in [0.15, 0.2) is 67.5 Å². The van der Waals surface area contributed by atoms with Gasteiger partial charge in [-0.3, -0.25) is 9.78 Å². The first kappa shape index (κ1) is 29.2. The Kier molecular flexibility index (Phi) is 8.58. The van der Waals surface area contributed by atoms with Gasteiger partial charge in [0.25, 0.3) is 6.43 Å². The summed E-state index contributed by atoms with van der Waals surface area (Å²) in [5.41, 5.74) is 1.58. The molecule has 0 aliphatic heterocycles. The number of aromatic nitrogens is 5. The molecule has 0 bridgehead atoms. The number of halogens is 2. The molecule has 11 heteroatoms. The number of carbonyl (C=O) groups is 1. The topological polar surface area (TPSA) is 106 Å². The molecule has 4 aromatic heterocycles. The van der Waals surface area contributed by atoms with E-state index in [9.17, 15) is 18.7 Å². The number of imidazole rings is 1. The second-order valence-electron chi connectivity index (χ2n) is 11.1. The number of anilines is 2. The Bertz CT molecular complexity index is 1530. The van der Waals surface area contributed by atoms with Crippen molar-refractivity contribution < 1.29 is 28.0 Å². The van der Waals surface area contributed by atoms with Gasteiger partial charge in [0.05, 0.1) is 24.4 Å². The van der Waals surface area contributed by atoms with Crippen molar-refractivity contribution in [2.24, 2.45) is 18.9 Å². The van der Waals surface area contributed by atoms with Crippen LogP contribution in [-0.4, -0.2) is 30.6 Å². The van der Waals surface area contributed by atoms with Crippen LogP contribution < -0.4 is 9.88 Å². The van der Waals surface area contributed by atoms with Crippen molar-refractivity contribution in [2.45, 2.75) is 58.3 Å². The van der Waals surface area contributed by atoms with Gasteiger partial charge in [-0.05, 0) is 87.4 Å². The minimum atomic E-state index is -2.59. The summed E-state index contributed by atoms with van der Waals surface area (Å²) >= 11 is 0. The van der Waals surface area contributed by atoms with Crippen LogP contribution in [0.4, 0.5) is 20.4 Å². The zero-order valence-corrected chi connectivity index (χ0v) is 23.9. The quantitative estimate of drug-likeness (QED) is 0.204. The van der Waals surface area contributed by atoms with Crippen molar-refractivity contribution in [3.8, 4) is 11.3 Å². The minimum Gasteiger partial charge on any atom is -0.424 e. The summed E-state index contributed by atoms with van der Waals surface area (Å²) in [6.07, 6.45) is 8.66. The lowest BCUT2D eigenvalue weighted by Crippen LogP contribution is -2.37. The molecule has 4 aromatic rings.